The van der Waals surface area contributed by atoms with Gasteiger partial charge in [-0.2, -0.15) is 0 Å². The molecular formula is C28H31N5O2. The number of aromatic nitrogens is 2. The Balaban J connectivity index is 1.20. The molecule has 7 heteroatoms. The molecule has 2 aliphatic heterocycles. The van der Waals surface area contributed by atoms with Gasteiger partial charge in [-0.1, -0.05) is 55.5 Å². The van der Waals surface area contributed by atoms with Crippen molar-refractivity contribution < 1.29 is 9.59 Å². The van der Waals surface area contributed by atoms with Gasteiger partial charge in [0.15, 0.2) is 5.82 Å². The third-order valence-electron chi connectivity index (χ3n) is 7.08. The summed E-state index contributed by atoms with van der Waals surface area (Å²) in [5.41, 5.74) is 5.10. The minimum Gasteiger partial charge on any atom is -0.352 e. The SMILES string of the molecule is CCc1cccc(C)c1N1CC(C(=O)N2CCN(c3ccc(-c4ccccc4)nn3)CC2)CC1=O. The molecule has 2 saturated heterocycles. The van der Waals surface area contributed by atoms with Gasteiger partial charge in [-0.15, -0.1) is 10.2 Å². The van der Waals surface area contributed by atoms with Gasteiger partial charge in [-0.3, -0.25) is 9.59 Å². The maximum Gasteiger partial charge on any atom is 0.228 e. The first-order valence-corrected chi connectivity index (χ1v) is 12.4. The van der Waals surface area contributed by atoms with Crippen LogP contribution in [0.1, 0.15) is 24.5 Å². The minimum atomic E-state index is -0.289. The van der Waals surface area contributed by atoms with Crippen LogP contribution in [-0.4, -0.2) is 59.6 Å². The zero-order valence-corrected chi connectivity index (χ0v) is 20.4. The van der Waals surface area contributed by atoms with E-state index in [0.717, 1.165) is 40.3 Å². The first kappa shape index (κ1) is 23.0. The van der Waals surface area contributed by atoms with E-state index in [2.05, 4.69) is 28.1 Å². The summed E-state index contributed by atoms with van der Waals surface area (Å²) < 4.78 is 0. The van der Waals surface area contributed by atoms with Gasteiger partial charge < -0.3 is 14.7 Å². The molecule has 3 aromatic rings. The van der Waals surface area contributed by atoms with Crippen LogP contribution < -0.4 is 9.80 Å². The molecule has 0 saturated carbocycles. The van der Waals surface area contributed by atoms with Crippen LogP contribution in [0.5, 0.6) is 0 Å². The number of aryl methyl sites for hydroxylation is 2. The highest BCUT2D eigenvalue weighted by Crippen LogP contribution is 2.32. The molecule has 180 valence electrons. The second-order valence-electron chi connectivity index (χ2n) is 9.30. The monoisotopic (exact) mass is 469 g/mol. The first-order chi connectivity index (χ1) is 17.0. The van der Waals surface area contributed by atoms with Crippen molar-refractivity contribution in [2.75, 3.05) is 42.5 Å². The highest BCUT2D eigenvalue weighted by Gasteiger charge is 2.39. The van der Waals surface area contributed by atoms with Crippen molar-refractivity contribution in [2.45, 2.75) is 26.7 Å². The molecular weight excluding hydrogens is 438 g/mol. The topological polar surface area (TPSA) is 69.6 Å². The van der Waals surface area contributed by atoms with Gasteiger partial charge >= 0.3 is 0 Å². The van der Waals surface area contributed by atoms with Gasteiger partial charge in [0, 0.05) is 50.4 Å². The Hall–Kier alpha value is -3.74. The molecule has 0 N–H and O–H groups in total. The van der Waals surface area contributed by atoms with Crippen molar-refractivity contribution in [1.29, 1.82) is 0 Å². The van der Waals surface area contributed by atoms with E-state index in [0.29, 0.717) is 32.7 Å². The summed E-state index contributed by atoms with van der Waals surface area (Å²) in [5.74, 6) is 0.659. The standard InChI is InChI=1S/C28H31N5O2/c1-3-21-11-7-8-20(2)27(21)33-19-23(18-26(33)34)28(35)32-16-14-31(15-17-32)25-13-12-24(29-30-25)22-9-5-4-6-10-22/h4-13,23H,3,14-19H2,1-2H3. The molecule has 1 atom stereocenters. The summed E-state index contributed by atoms with van der Waals surface area (Å²) >= 11 is 0. The molecule has 0 aliphatic carbocycles. The van der Waals surface area contributed by atoms with Crippen molar-refractivity contribution in [3.63, 3.8) is 0 Å². The van der Waals surface area contributed by atoms with Crippen molar-refractivity contribution in [2.24, 2.45) is 5.92 Å². The highest BCUT2D eigenvalue weighted by molar-refractivity contribution is 6.01. The number of hydrogen-bond acceptors (Lipinski definition) is 5. The smallest absolute Gasteiger partial charge is 0.228 e. The predicted octanol–water partition coefficient (Wildman–Crippen LogP) is 3.72. The summed E-state index contributed by atoms with van der Waals surface area (Å²) in [5, 5.41) is 8.82. The first-order valence-electron chi connectivity index (χ1n) is 12.4. The van der Waals surface area contributed by atoms with E-state index in [1.807, 2.05) is 71.3 Å². The van der Waals surface area contributed by atoms with Gasteiger partial charge in [-0.05, 0) is 36.6 Å². The molecule has 0 bridgehead atoms. The maximum absolute atomic E-state index is 13.3. The van der Waals surface area contributed by atoms with E-state index in [9.17, 15) is 9.59 Å². The zero-order valence-electron chi connectivity index (χ0n) is 20.4. The number of amides is 2. The third-order valence-corrected chi connectivity index (χ3v) is 7.08. The molecule has 1 aromatic heterocycles. The fourth-order valence-electron chi connectivity index (χ4n) is 5.15. The summed E-state index contributed by atoms with van der Waals surface area (Å²) in [6.07, 6.45) is 1.14. The van der Waals surface area contributed by atoms with E-state index in [4.69, 9.17) is 0 Å². The molecule has 2 fully saturated rings. The van der Waals surface area contributed by atoms with Crippen LogP contribution in [0.25, 0.3) is 11.3 Å². The van der Waals surface area contributed by atoms with Crippen LogP contribution in [0.2, 0.25) is 0 Å². The lowest BCUT2D eigenvalue weighted by molar-refractivity contribution is -0.136. The Morgan fingerprint density at radius 3 is 2.40 bits per heavy atom. The van der Waals surface area contributed by atoms with Gasteiger partial charge in [0.2, 0.25) is 11.8 Å². The predicted molar refractivity (Wildman–Crippen MR) is 137 cm³/mol. The van der Waals surface area contributed by atoms with E-state index >= 15 is 0 Å². The molecule has 3 heterocycles. The average Bonchev–Trinajstić information content (AvgIpc) is 3.29. The van der Waals surface area contributed by atoms with E-state index < -0.39 is 0 Å². The number of anilines is 2. The lowest BCUT2D eigenvalue weighted by atomic mass is 10.0. The summed E-state index contributed by atoms with van der Waals surface area (Å²) in [6.45, 7) is 7.24. The van der Waals surface area contributed by atoms with Crippen molar-refractivity contribution in [3.8, 4) is 11.3 Å². The fraction of sp³-hybridized carbons (Fsp3) is 0.357. The second kappa shape index (κ2) is 9.86. The molecule has 7 nitrogen and oxygen atoms in total. The van der Waals surface area contributed by atoms with Crippen LogP contribution in [-0.2, 0) is 16.0 Å². The van der Waals surface area contributed by atoms with Crippen molar-refractivity contribution in [3.05, 3.63) is 71.8 Å². The Morgan fingerprint density at radius 2 is 1.71 bits per heavy atom. The van der Waals surface area contributed by atoms with Gasteiger partial charge in [0.05, 0.1) is 11.6 Å². The lowest BCUT2D eigenvalue weighted by Crippen LogP contribution is -2.51. The number of benzene rings is 2. The zero-order chi connectivity index (χ0) is 24.4. The lowest BCUT2D eigenvalue weighted by Gasteiger charge is -2.36. The molecule has 2 aliphatic rings. The van der Waals surface area contributed by atoms with Crippen LogP contribution in [0.4, 0.5) is 11.5 Å². The van der Waals surface area contributed by atoms with E-state index in [-0.39, 0.29) is 24.2 Å². The summed E-state index contributed by atoms with van der Waals surface area (Å²) in [7, 11) is 0. The largest absolute Gasteiger partial charge is 0.352 e. The Morgan fingerprint density at radius 1 is 0.943 bits per heavy atom. The second-order valence-corrected chi connectivity index (χ2v) is 9.30. The van der Waals surface area contributed by atoms with E-state index in [1.165, 1.54) is 0 Å². The van der Waals surface area contributed by atoms with E-state index in [1.54, 1.807) is 0 Å². The van der Waals surface area contributed by atoms with Crippen LogP contribution in [0.15, 0.2) is 60.7 Å². The number of carbonyl (C=O) groups excluding carboxylic acids is 2. The van der Waals surface area contributed by atoms with Crippen molar-refractivity contribution in [1.82, 2.24) is 15.1 Å². The Kier molecular flexibility index (Phi) is 6.49. The minimum absolute atomic E-state index is 0.0415. The van der Waals surface area contributed by atoms with Gasteiger partial charge in [0.25, 0.3) is 0 Å². The van der Waals surface area contributed by atoms with Crippen LogP contribution >= 0.6 is 0 Å². The van der Waals surface area contributed by atoms with Gasteiger partial charge in [-0.25, -0.2) is 0 Å². The Bertz CT molecular complexity index is 1200. The Labute approximate surface area is 206 Å². The number of hydrogen-bond donors (Lipinski definition) is 0. The molecule has 2 amide bonds. The highest BCUT2D eigenvalue weighted by atomic mass is 16.2. The average molecular weight is 470 g/mol. The van der Waals surface area contributed by atoms with Gasteiger partial charge in [0.1, 0.15) is 0 Å². The number of carbonyl (C=O) groups is 2. The molecule has 5 rings (SSSR count). The normalized spacial score (nSPS) is 18.3. The van der Waals surface area contributed by atoms with Crippen molar-refractivity contribution >= 4 is 23.3 Å². The number of rotatable bonds is 5. The summed E-state index contributed by atoms with van der Waals surface area (Å²) in [4.78, 5) is 32.1. The number of piperazine rings is 1. The van der Waals surface area contributed by atoms with Crippen LogP contribution in [0, 0.1) is 12.8 Å². The summed E-state index contributed by atoms with van der Waals surface area (Å²) in [6, 6.07) is 20.1. The number of para-hydroxylation sites is 1. The maximum atomic E-state index is 13.3. The number of nitrogens with zero attached hydrogens (tertiary/aromatic N) is 5. The molecule has 1 unspecified atom stereocenters. The molecule has 35 heavy (non-hydrogen) atoms. The quantitative estimate of drug-likeness (QED) is 0.570. The molecule has 2 aromatic carbocycles. The third kappa shape index (κ3) is 4.63. The molecule has 0 radical (unpaired) electrons. The van der Waals surface area contributed by atoms with Crippen LogP contribution in [0.3, 0.4) is 0 Å². The molecule has 0 spiro atoms. The fourth-order valence-corrected chi connectivity index (χ4v) is 5.15.